The Bertz CT molecular complexity index is 559. The van der Waals surface area contributed by atoms with Crippen LogP contribution in [-0.2, 0) is 16.6 Å². The van der Waals surface area contributed by atoms with E-state index < -0.39 is 10.2 Å². The molecule has 1 fully saturated rings. The lowest BCUT2D eigenvalue weighted by atomic mass is 9.97. The lowest BCUT2D eigenvalue weighted by Gasteiger charge is -2.35. The van der Waals surface area contributed by atoms with Crippen LogP contribution < -0.4 is 9.86 Å². The standard InChI is InChI=1S/C12H23N5O3S/c1-3-11-15-12(20-16-11)9(2)17-6-4-5-10(8-17)7-14-21(13,18)19/h9-10,14H,3-8H2,1-2H3,(H2,13,18,19)/t9-,10+/m1/s1. The first-order valence-electron chi connectivity index (χ1n) is 7.23. The molecule has 0 unspecified atom stereocenters. The first kappa shape index (κ1) is 16.3. The van der Waals surface area contributed by atoms with Crippen molar-refractivity contribution in [3.8, 4) is 0 Å². The minimum Gasteiger partial charge on any atom is -0.338 e. The second-order valence-corrected chi connectivity index (χ2v) is 6.85. The molecule has 120 valence electrons. The average Bonchev–Trinajstić information content (AvgIpc) is 2.93. The van der Waals surface area contributed by atoms with E-state index in [9.17, 15) is 8.42 Å². The molecule has 2 rings (SSSR count). The van der Waals surface area contributed by atoms with Crippen LogP contribution in [0.1, 0.15) is 44.4 Å². The fraction of sp³-hybridized carbons (Fsp3) is 0.833. The van der Waals surface area contributed by atoms with Crippen LogP contribution in [0.25, 0.3) is 0 Å². The summed E-state index contributed by atoms with van der Waals surface area (Å²) < 4.78 is 29.6. The van der Waals surface area contributed by atoms with Crippen molar-refractivity contribution in [3.05, 3.63) is 11.7 Å². The maximum atomic E-state index is 11.0. The number of hydrogen-bond acceptors (Lipinski definition) is 6. The van der Waals surface area contributed by atoms with Gasteiger partial charge in [0.25, 0.3) is 10.2 Å². The van der Waals surface area contributed by atoms with Gasteiger partial charge in [-0.25, -0.2) is 9.86 Å². The van der Waals surface area contributed by atoms with Gasteiger partial charge in [-0.3, -0.25) is 4.90 Å². The maximum absolute atomic E-state index is 11.0. The van der Waals surface area contributed by atoms with Gasteiger partial charge in [0.05, 0.1) is 6.04 Å². The quantitative estimate of drug-likeness (QED) is 0.774. The van der Waals surface area contributed by atoms with Crippen LogP contribution in [-0.4, -0.2) is 43.1 Å². The fourth-order valence-corrected chi connectivity index (χ4v) is 3.05. The van der Waals surface area contributed by atoms with Crippen molar-refractivity contribution in [2.75, 3.05) is 19.6 Å². The summed E-state index contributed by atoms with van der Waals surface area (Å²) in [4.78, 5) is 6.61. The van der Waals surface area contributed by atoms with Crippen molar-refractivity contribution < 1.29 is 12.9 Å². The predicted octanol–water partition coefficient (Wildman–Crippen LogP) is 0.198. The summed E-state index contributed by atoms with van der Waals surface area (Å²) in [5, 5.41) is 8.89. The smallest absolute Gasteiger partial charge is 0.274 e. The van der Waals surface area contributed by atoms with Gasteiger partial charge < -0.3 is 4.52 Å². The van der Waals surface area contributed by atoms with Crippen LogP contribution in [0, 0.1) is 5.92 Å². The molecule has 1 aromatic rings. The molecule has 0 aromatic carbocycles. The Morgan fingerprint density at radius 3 is 2.95 bits per heavy atom. The highest BCUT2D eigenvalue weighted by molar-refractivity contribution is 7.87. The molecule has 1 aliphatic rings. The third kappa shape index (κ3) is 4.73. The molecule has 2 atom stereocenters. The molecule has 0 spiro atoms. The van der Waals surface area contributed by atoms with Crippen LogP contribution in [0.5, 0.6) is 0 Å². The number of nitrogens with zero attached hydrogens (tertiary/aromatic N) is 3. The van der Waals surface area contributed by atoms with Crippen molar-refractivity contribution in [1.29, 1.82) is 0 Å². The number of nitrogens with one attached hydrogen (secondary N) is 1. The van der Waals surface area contributed by atoms with Crippen LogP contribution in [0.15, 0.2) is 4.52 Å². The Kier molecular flexibility index (Phi) is 5.31. The van der Waals surface area contributed by atoms with Gasteiger partial charge in [-0.05, 0) is 32.2 Å². The predicted molar refractivity (Wildman–Crippen MR) is 77.5 cm³/mol. The van der Waals surface area contributed by atoms with Gasteiger partial charge in [0, 0.05) is 19.5 Å². The zero-order valence-corrected chi connectivity index (χ0v) is 13.3. The summed E-state index contributed by atoms with van der Waals surface area (Å²) in [7, 11) is -3.62. The minimum atomic E-state index is -3.62. The van der Waals surface area contributed by atoms with E-state index in [1.807, 2.05) is 13.8 Å². The Labute approximate surface area is 125 Å². The number of rotatable bonds is 6. The number of aromatic nitrogens is 2. The summed E-state index contributed by atoms with van der Waals surface area (Å²) in [6.45, 7) is 6.11. The summed E-state index contributed by atoms with van der Waals surface area (Å²) in [5.41, 5.74) is 0. The number of hydrogen-bond donors (Lipinski definition) is 2. The number of piperidine rings is 1. The number of likely N-dealkylation sites (tertiary alicyclic amines) is 1. The summed E-state index contributed by atoms with van der Waals surface area (Å²) in [5.74, 6) is 1.57. The molecule has 9 heteroatoms. The lowest BCUT2D eigenvalue weighted by Crippen LogP contribution is -2.43. The third-order valence-corrected chi connectivity index (χ3v) is 4.40. The first-order valence-corrected chi connectivity index (χ1v) is 8.77. The molecule has 0 amide bonds. The zero-order valence-electron chi connectivity index (χ0n) is 12.4. The monoisotopic (exact) mass is 317 g/mol. The van der Waals surface area contributed by atoms with Crippen LogP contribution in [0.3, 0.4) is 0 Å². The van der Waals surface area contributed by atoms with Crippen LogP contribution >= 0.6 is 0 Å². The average molecular weight is 317 g/mol. The summed E-state index contributed by atoms with van der Waals surface area (Å²) >= 11 is 0. The highest BCUT2D eigenvalue weighted by Crippen LogP contribution is 2.25. The molecule has 1 aromatic heterocycles. The Morgan fingerprint density at radius 1 is 1.57 bits per heavy atom. The van der Waals surface area contributed by atoms with E-state index in [1.165, 1.54) is 0 Å². The summed E-state index contributed by atoms with van der Waals surface area (Å²) in [6, 6.07) is 0.0371. The molecule has 8 nitrogen and oxygen atoms in total. The van der Waals surface area contributed by atoms with E-state index in [1.54, 1.807) is 0 Å². The SMILES string of the molecule is CCc1noc([C@@H](C)N2CCC[C@@H](CNS(N)(=O)=O)C2)n1. The Balaban J connectivity index is 1.93. The van der Waals surface area contributed by atoms with Crippen molar-refractivity contribution in [2.24, 2.45) is 11.1 Å². The molecule has 3 N–H and O–H groups in total. The van der Waals surface area contributed by atoms with Crippen molar-refractivity contribution in [3.63, 3.8) is 0 Å². The Morgan fingerprint density at radius 2 is 2.33 bits per heavy atom. The number of aryl methyl sites for hydroxylation is 1. The van der Waals surface area contributed by atoms with Gasteiger partial charge in [-0.2, -0.15) is 13.4 Å². The van der Waals surface area contributed by atoms with E-state index in [2.05, 4.69) is 19.8 Å². The topological polar surface area (TPSA) is 114 Å². The van der Waals surface area contributed by atoms with Crippen molar-refractivity contribution in [1.82, 2.24) is 19.8 Å². The molecule has 21 heavy (non-hydrogen) atoms. The largest absolute Gasteiger partial charge is 0.338 e. The van der Waals surface area contributed by atoms with Crippen molar-refractivity contribution >= 4 is 10.2 Å². The molecule has 2 heterocycles. The maximum Gasteiger partial charge on any atom is 0.274 e. The molecule has 1 saturated heterocycles. The highest BCUT2D eigenvalue weighted by Gasteiger charge is 2.27. The highest BCUT2D eigenvalue weighted by atomic mass is 32.2. The molecule has 0 saturated carbocycles. The van der Waals surface area contributed by atoms with E-state index in [0.717, 1.165) is 32.4 Å². The van der Waals surface area contributed by atoms with Crippen molar-refractivity contribution in [2.45, 2.75) is 39.2 Å². The van der Waals surface area contributed by atoms with Gasteiger partial charge in [0.2, 0.25) is 5.89 Å². The molecule has 0 bridgehead atoms. The molecule has 1 aliphatic heterocycles. The second-order valence-electron chi connectivity index (χ2n) is 5.48. The van der Waals surface area contributed by atoms with Gasteiger partial charge in [-0.15, -0.1) is 0 Å². The second kappa shape index (κ2) is 6.82. The third-order valence-electron chi connectivity index (χ3n) is 3.83. The fourth-order valence-electron chi connectivity index (χ4n) is 2.59. The van der Waals surface area contributed by atoms with E-state index >= 15 is 0 Å². The Hall–Kier alpha value is -1.03. The lowest BCUT2D eigenvalue weighted by molar-refractivity contribution is 0.112. The summed E-state index contributed by atoms with van der Waals surface area (Å²) in [6.07, 6.45) is 2.74. The van der Waals surface area contributed by atoms with Crippen LogP contribution in [0.4, 0.5) is 0 Å². The normalized spacial score (nSPS) is 22.3. The number of nitrogens with two attached hydrogens (primary N) is 1. The molecule has 0 radical (unpaired) electrons. The molecular formula is C12H23N5O3S. The minimum absolute atomic E-state index is 0.0371. The van der Waals surface area contributed by atoms with E-state index in [4.69, 9.17) is 9.66 Å². The van der Waals surface area contributed by atoms with E-state index in [0.29, 0.717) is 18.3 Å². The van der Waals surface area contributed by atoms with Gasteiger partial charge in [0.1, 0.15) is 0 Å². The first-order chi connectivity index (χ1) is 9.89. The van der Waals surface area contributed by atoms with Gasteiger partial charge in [0.15, 0.2) is 5.82 Å². The van der Waals surface area contributed by atoms with Gasteiger partial charge >= 0.3 is 0 Å². The molecule has 0 aliphatic carbocycles. The van der Waals surface area contributed by atoms with Gasteiger partial charge in [-0.1, -0.05) is 12.1 Å². The zero-order chi connectivity index (χ0) is 15.5. The van der Waals surface area contributed by atoms with Crippen LogP contribution in [0.2, 0.25) is 0 Å². The molecular weight excluding hydrogens is 294 g/mol. The van der Waals surface area contributed by atoms with E-state index in [-0.39, 0.29) is 12.0 Å².